The van der Waals surface area contributed by atoms with Crippen LogP contribution >= 0.6 is 0 Å². The van der Waals surface area contributed by atoms with Crippen molar-refractivity contribution in [2.45, 2.75) is 13.8 Å². The maximum absolute atomic E-state index is 12.6. The van der Waals surface area contributed by atoms with Gasteiger partial charge >= 0.3 is 0 Å². The molecule has 0 aromatic heterocycles. The normalized spacial score (nSPS) is 15.0. The van der Waals surface area contributed by atoms with Crippen molar-refractivity contribution < 1.29 is 4.79 Å². The van der Waals surface area contributed by atoms with Gasteiger partial charge in [-0.25, -0.2) is 0 Å². The second kappa shape index (κ2) is 6.22. The standard InChI is InChI=1S/C19H22N2O/c1-15-7-9-17(10-8-15)20-11-13-21(14-12-20)19(22)18-6-4-3-5-16(18)2/h3-10H,11-14H2,1-2H3. The molecule has 0 atom stereocenters. The summed E-state index contributed by atoms with van der Waals surface area (Å²) in [5, 5.41) is 0. The molecule has 3 nitrogen and oxygen atoms in total. The number of hydrogen-bond acceptors (Lipinski definition) is 2. The van der Waals surface area contributed by atoms with E-state index in [2.05, 4.69) is 36.1 Å². The van der Waals surface area contributed by atoms with Crippen LogP contribution in [0.2, 0.25) is 0 Å². The van der Waals surface area contributed by atoms with Gasteiger partial charge in [0.1, 0.15) is 0 Å². The van der Waals surface area contributed by atoms with Crippen molar-refractivity contribution in [1.82, 2.24) is 4.90 Å². The third-order valence-corrected chi connectivity index (χ3v) is 4.34. The Kier molecular flexibility index (Phi) is 4.14. The molecule has 114 valence electrons. The van der Waals surface area contributed by atoms with Crippen LogP contribution in [0, 0.1) is 13.8 Å². The molecule has 2 aromatic carbocycles. The minimum absolute atomic E-state index is 0.154. The van der Waals surface area contributed by atoms with Crippen LogP contribution in [0.4, 0.5) is 5.69 Å². The molecule has 0 aliphatic carbocycles. The largest absolute Gasteiger partial charge is 0.368 e. The summed E-state index contributed by atoms with van der Waals surface area (Å²) >= 11 is 0. The first-order valence-corrected chi connectivity index (χ1v) is 7.81. The Bertz CT molecular complexity index is 655. The lowest BCUT2D eigenvalue weighted by molar-refractivity contribution is 0.0746. The van der Waals surface area contributed by atoms with Crippen molar-refractivity contribution in [3.05, 3.63) is 65.2 Å². The van der Waals surface area contributed by atoms with Crippen LogP contribution in [0.25, 0.3) is 0 Å². The van der Waals surface area contributed by atoms with E-state index in [1.54, 1.807) is 0 Å². The number of piperazine rings is 1. The number of amides is 1. The van der Waals surface area contributed by atoms with Crippen LogP contribution in [0.3, 0.4) is 0 Å². The fourth-order valence-corrected chi connectivity index (χ4v) is 2.91. The molecule has 22 heavy (non-hydrogen) atoms. The second-order valence-electron chi connectivity index (χ2n) is 5.93. The Morgan fingerprint density at radius 1 is 0.864 bits per heavy atom. The van der Waals surface area contributed by atoms with Crippen LogP contribution in [-0.4, -0.2) is 37.0 Å². The Morgan fingerprint density at radius 2 is 1.50 bits per heavy atom. The number of carbonyl (C=O) groups is 1. The van der Waals surface area contributed by atoms with Crippen LogP contribution in [-0.2, 0) is 0 Å². The maximum atomic E-state index is 12.6. The zero-order valence-corrected chi connectivity index (χ0v) is 13.2. The molecule has 1 saturated heterocycles. The van der Waals surface area contributed by atoms with Crippen molar-refractivity contribution in [2.75, 3.05) is 31.1 Å². The van der Waals surface area contributed by atoms with Crippen LogP contribution in [0.1, 0.15) is 21.5 Å². The molecule has 3 rings (SSSR count). The first-order chi connectivity index (χ1) is 10.6. The number of anilines is 1. The molecule has 1 heterocycles. The highest BCUT2D eigenvalue weighted by Crippen LogP contribution is 2.18. The van der Waals surface area contributed by atoms with Gasteiger partial charge in [-0.15, -0.1) is 0 Å². The molecule has 1 aliphatic rings. The Balaban J connectivity index is 1.65. The molecular weight excluding hydrogens is 272 g/mol. The highest BCUT2D eigenvalue weighted by Gasteiger charge is 2.22. The first-order valence-electron chi connectivity index (χ1n) is 7.81. The molecule has 2 aromatic rings. The fraction of sp³-hybridized carbons (Fsp3) is 0.316. The van der Waals surface area contributed by atoms with E-state index >= 15 is 0 Å². The van der Waals surface area contributed by atoms with E-state index in [4.69, 9.17) is 0 Å². The summed E-state index contributed by atoms with van der Waals surface area (Å²) in [7, 11) is 0. The van der Waals surface area contributed by atoms with E-state index in [1.807, 2.05) is 36.1 Å². The van der Waals surface area contributed by atoms with E-state index in [0.29, 0.717) is 0 Å². The van der Waals surface area contributed by atoms with Crippen LogP contribution in [0.15, 0.2) is 48.5 Å². The lowest BCUT2D eigenvalue weighted by atomic mass is 10.1. The van der Waals surface area contributed by atoms with Gasteiger partial charge in [-0.3, -0.25) is 4.79 Å². The Hall–Kier alpha value is -2.29. The van der Waals surface area contributed by atoms with Gasteiger partial charge < -0.3 is 9.80 Å². The Labute approximate surface area is 132 Å². The van der Waals surface area contributed by atoms with Crippen LogP contribution < -0.4 is 4.90 Å². The predicted octanol–water partition coefficient (Wildman–Crippen LogP) is 3.27. The number of hydrogen-bond donors (Lipinski definition) is 0. The van der Waals surface area contributed by atoms with Crippen molar-refractivity contribution in [3.63, 3.8) is 0 Å². The molecule has 3 heteroatoms. The van der Waals surface area contributed by atoms with Crippen molar-refractivity contribution >= 4 is 11.6 Å². The van der Waals surface area contributed by atoms with Gasteiger partial charge in [-0.05, 0) is 37.6 Å². The molecule has 0 saturated carbocycles. The summed E-state index contributed by atoms with van der Waals surface area (Å²) in [6, 6.07) is 16.4. The average Bonchev–Trinajstić information content (AvgIpc) is 2.56. The molecule has 0 spiro atoms. The number of carbonyl (C=O) groups excluding carboxylic acids is 1. The average molecular weight is 294 g/mol. The summed E-state index contributed by atoms with van der Waals surface area (Å²) in [6.45, 7) is 7.43. The smallest absolute Gasteiger partial charge is 0.254 e. The molecule has 1 aliphatic heterocycles. The lowest BCUT2D eigenvalue weighted by Crippen LogP contribution is -2.48. The van der Waals surface area contributed by atoms with Crippen molar-refractivity contribution in [1.29, 1.82) is 0 Å². The monoisotopic (exact) mass is 294 g/mol. The van der Waals surface area contributed by atoms with Gasteiger partial charge in [0, 0.05) is 37.4 Å². The third kappa shape index (κ3) is 2.98. The minimum atomic E-state index is 0.154. The number of aryl methyl sites for hydroxylation is 2. The van der Waals surface area contributed by atoms with Crippen molar-refractivity contribution in [3.8, 4) is 0 Å². The summed E-state index contributed by atoms with van der Waals surface area (Å²) < 4.78 is 0. The summed E-state index contributed by atoms with van der Waals surface area (Å²) in [6.07, 6.45) is 0. The lowest BCUT2D eigenvalue weighted by Gasteiger charge is -2.36. The van der Waals surface area contributed by atoms with E-state index in [0.717, 1.165) is 37.3 Å². The van der Waals surface area contributed by atoms with Gasteiger partial charge in [0.05, 0.1) is 0 Å². The molecule has 0 unspecified atom stereocenters. The maximum Gasteiger partial charge on any atom is 0.254 e. The van der Waals surface area contributed by atoms with Crippen LogP contribution in [0.5, 0.6) is 0 Å². The molecular formula is C19H22N2O. The third-order valence-electron chi connectivity index (χ3n) is 4.34. The minimum Gasteiger partial charge on any atom is -0.368 e. The van der Waals surface area contributed by atoms with Crippen molar-refractivity contribution in [2.24, 2.45) is 0 Å². The highest BCUT2D eigenvalue weighted by atomic mass is 16.2. The molecule has 1 fully saturated rings. The summed E-state index contributed by atoms with van der Waals surface area (Å²) in [5.41, 5.74) is 4.39. The highest BCUT2D eigenvalue weighted by molar-refractivity contribution is 5.95. The quantitative estimate of drug-likeness (QED) is 0.848. The summed E-state index contributed by atoms with van der Waals surface area (Å²) in [4.78, 5) is 16.9. The topological polar surface area (TPSA) is 23.6 Å². The SMILES string of the molecule is Cc1ccc(N2CCN(C(=O)c3ccccc3C)CC2)cc1. The van der Waals surface area contributed by atoms with Gasteiger partial charge in [-0.2, -0.15) is 0 Å². The number of nitrogens with zero attached hydrogens (tertiary/aromatic N) is 2. The Morgan fingerprint density at radius 3 is 2.14 bits per heavy atom. The molecule has 0 N–H and O–H groups in total. The van der Waals surface area contributed by atoms with E-state index < -0.39 is 0 Å². The van der Waals surface area contributed by atoms with Gasteiger partial charge in [0.15, 0.2) is 0 Å². The van der Waals surface area contributed by atoms with E-state index in [9.17, 15) is 4.79 Å². The van der Waals surface area contributed by atoms with E-state index in [1.165, 1.54) is 11.3 Å². The summed E-state index contributed by atoms with van der Waals surface area (Å²) in [5.74, 6) is 0.154. The number of benzene rings is 2. The van der Waals surface area contributed by atoms with Gasteiger partial charge in [0.2, 0.25) is 0 Å². The van der Waals surface area contributed by atoms with Gasteiger partial charge in [-0.1, -0.05) is 35.9 Å². The van der Waals surface area contributed by atoms with E-state index in [-0.39, 0.29) is 5.91 Å². The first kappa shape index (κ1) is 14.6. The second-order valence-corrected chi connectivity index (χ2v) is 5.93. The zero-order chi connectivity index (χ0) is 15.5. The molecule has 0 radical (unpaired) electrons. The number of rotatable bonds is 2. The van der Waals surface area contributed by atoms with Gasteiger partial charge in [0.25, 0.3) is 5.91 Å². The zero-order valence-electron chi connectivity index (χ0n) is 13.2. The molecule has 0 bridgehead atoms. The molecule has 1 amide bonds. The fourth-order valence-electron chi connectivity index (χ4n) is 2.91. The predicted molar refractivity (Wildman–Crippen MR) is 90.5 cm³/mol.